The predicted molar refractivity (Wildman–Crippen MR) is 128 cm³/mol. The molecule has 0 aliphatic carbocycles. The average molecular weight is 462 g/mol. The molecule has 0 saturated carbocycles. The molecular formula is C27H24F2N2O3. The number of aromatic nitrogens is 1. The number of pyridine rings is 1. The molecule has 4 aromatic rings. The summed E-state index contributed by atoms with van der Waals surface area (Å²) in [5, 5.41) is 2.72. The number of rotatable bonds is 8. The second-order valence-corrected chi connectivity index (χ2v) is 7.82. The van der Waals surface area contributed by atoms with Crippen molar-refractivity contribution in [2.24, 2.45) is 0 Å². The number of carbonyl (C=O) groups excluding carboxylic acids is 1. The summed E-state index contributed by atoms with van der Waals surface area (Å²) in [7, 11) is 0. The zero-order valence-corrected chi connectivity index (χ0v) is 18.7. The molecule has 3 aromatic carbocycles. The van der Waals surface area contributed by atoms with Gasteiger partial charge in [0.25, 0.3) is 0 Å². The fraction of sp³-hybridized carbons (Fsp3) is 0.185. The van der Waals surface area contributed by atoms with Gasteiger partial charge in [-0.2, -0.15) is 0 Å². The van der Waals surface area contributed by atoms with E-state index < -0.39 is 23.0 Å². The van der Waals surface area contributed by atoms with Gasteiger partial charge < -0.3 is 15.0 Å². The summed E-state index contributed by atoms with van der Waals surface area (Å²) in [6, 6.07) is 19.6. The highest BCUT2D eigenvalue weighted by molar-refractivity contribution is 5.99. The van der Waals surface area contributed by atoms with Crippen LogP contribution in [0.25, 0.3) is 10.9 Å². The molecule has 0 aliphatic rings. The number of halogens is 2. The Balaban J connectivity index is 1.83. The van der Waals surface area contributed by atoms with E-state index in [9.17, 15) is 18.4 Å². The number of anilines is 1. The molecule has 34 heavy (non-hydrogen) atoms. The van der Waals surface area contributed by atoms with E-state index in [0.29, 0.717) is 18.5 Å². The van der Waals surface area contributed by atoms with Crippen LogP contribution in [-0.2, 0) is 24.1 Å². The smallest absolute Gasteiger partial charge is 0.343 e. The topological polar surface area (TPSA) is 71.2 Å². The average Bonchev–Trinajstić information content (AvgIpc) is 2.84. The molecule has 1 aromatic heterocycles. The number of aryl methyl sites for hydroxylation is 2. The lowest BCUT2D eigenvalue weighted by molar-refractivity contribution is 0.0523. The van der Waals surface area contributed by atoms with Crippen LogP contribution in [0.3, 0.4) is 0 Å². The van der Waals surface area contributed by atoms with Gasteiger partial charge >= 0.3 is 5.97 Å². The molecule has 0 atom stereocenters. The van der Waals surface area contributed by atoms with Gasteiger partial charge in [-0.15, -0.1) is 0 Å². The Bertz CT molecular complexity index is 1370. The van der Waals surface area contributed by atoms with Gasteiger partial charge in [0.05, 0.1) is 23.2 Å². The van der Waals surface area contributed by atoms with E-state index in [1.165, 1.54) is 0 Å². The van der Waals surface area contributed by atoms with E-state index in [4.69, 9.17) is 4.74 Å². The molecule has 0 bridgehead atoms. The third kappa shape index (κ3) is 4.83. The second-order valence-electron chi connectivity index (χ2n) is 7.82. The van der Waals surface area contributed by atoms with Crippen molar-refractivity contribution in [1.29, 1.82) is 0 Å². The maximum atomic E-state index is 14.9. The van der Waals surface area contributed by atoms with Gasteiger partial charge in [0.2, 0.25) is 5.43 Å². The van der Waals surface area contributed by atoms with Crippen LogP contribution in [0.1, 0.15) is 34.1 Å². The van der Waals surface area contributed by atoms with E-state index in [1.54, 1.807) is 6.92 Å². The second kappa shape index (κ2) is 10.3. The predicted octanol–water partition coefficient (Wildman–Crippen LogP) is 5.38. The lowest BCUT2D eigenvalue weighted by Crippen LogP contribution is -2.24. The highest BCUT2D eigenvalue weighted by Gasteiger charge is 2.24. The number of ether oxygens (including phenoxy) is 1. The van der Waals surface area contributed by atoms with Gasteiger partial charge in [0.1, 0.15) is 5.56 Å². The van der Waals surface area contributed by atoms with Crippen molar-refractivity contribution < 1.29 is 18.3 Å². The number of nitrogens with one attached hydrogen (secondary N) is 2. The van der Waals surface area contributed by atoms with E-state index in [2.05, 4.69) is 10.3 Å². The van der Waals surface area contributed by atoms with Crippen molar-refractivity contribution in [3.63, 3.8) is 0 Å². The molecule has 0 spiro atoms. The van der Waals surface area contributed by atoms with Crippen LogP contribution in [0.4, 0.5) is 14.5 Å². The van der Waals surface area contributed by atoms with E-state index >= 15 is 0 Å². The first kappa shape index (κ1) is 23.2. The minimum Gasteiger partial charge on any atom is -0.462 e. The maximum Gasteiger partial charge on any atom is 0.343 e. The van der Waals surface area contributed by atoms with E-state index in [-0.39, 0.29) is 35.3 Å². The minimum absolute atomic E-state index is 0.0747. The number of aromatic amines is 1. The maximum absolute atomic E-state index is 14.9. The van der Waals surface area contributed by atoms with Crippen LogP contribution in [0, 0.1) is 11.6 Å². The van der Waals surface area contributed by atoms with Crippen LogP contribution < -0.4 is 10.7 Å². The van der Waals surface area contributed by atoms with Crippen molar-refractivity contribution in [2.45, 2.75) is 26.3 Å². The minimum atomic E-state index is -1.18. The summed E-state index contributed by atoms with van der Waals surface area (Å²) in [4.78, 5) is 29.3. The number of fused-ring (bicyclic) bond motifs is 1. The zero-order chi connectivity index (χ0) is 24.1. The first-order chi connectivity index (χ1) is 16.5. The molecule has 4 rings (SSSR count). The molecule has 0 unspecified atom stereocenters. The molecule has 1 heterocycles. The monoisotopic (exact) mass is 462 g/mol. The summed E-state index contributed by atoms with van der Waals surface area (Å²) >= 11 is 0. The van der Waals surface area contributed by atoms with Crippen LogP contribution in [0.2, 0.25) is 0 Å². The Morgan fingerprint density at radius 2 is 1.62 bits per heavy atom. The molecule has 5 nitrogen and oxygen atoms in total. The third-order valence-electron chi connectivity index (χ3n) is 5.56. The normalized spacial score (nSPS) is 10.9. The van der Waals surface area contributed by atoms with Crippen LogP contribution in [0.15, 0.2) is 71.5 Å². The number of benzene rings is 3. The van der Waals surface area contributed by atoms with Crippen molar-refractivity contribution in [3.8, 4) is 0 Å². The first-order valence-corrected chi connectivity index (χ1v) is 11.0. The molecule has 0 fully saturated rings. The summed E-state index contributed by atoms with van der Waals surface area (Å²) in [5.74, 6) is -3.08. The van der Waals surface area contributed by atoms with Crippen LogP contribution in [-0.4, -0.2) is 17.6 Å². The molecule has 0 radical (unpaired) electrons. The Labute approximate surface area is 195 Å². The van der Waals surface area contributed by atoms with Crippen LogP contribution in [0.5, 0.6) is 0 Å². The van der Waals surface area contributed by atoms with Gasteiger partial charge in [-0.3, -0.25) is 4.79 Å². The van der Waals surface area contributed by atoms with Crippen molar-refractivity contribution in [3.05, 3.63) is 111 Å². The van der Waals surface area contributed by atoms with Crippen molar-refractivity contribution in [2.75, 3.05) is 11.9 Å². The number of H-pyrrole nitrogens is 1. The first-order valence-electron chi connectivity index (χ1n) is 11.0. The summed E-state index contributed by atoms with van der Waals surface area (Å²) < 4.78 is 34.5. The van der Waals surface area contributed by atoms with Gasteiger partial charge in [-0.05, 0) is 30.9 Å². The Morgan fingerprint density at radius 1 is 0.971 bits per heavy atom. The Hall–Kier alpha value is -4.00. The lowest BCUT2D eigenvalue weighted by atomic mass is 10.0. The quantitative estimate of drug-likeness (QED) is 0.345. The zero-order valence-electron chi connectivity index (χ0n) is 18.7. The van der Waals surface area contributed by atoms with E-state index in [1.807, 2.05) is 60.7 Å². The molecule has 0 aliphatic heterocycles. The Kier molecular flexibility index (Phi) is 7.01. The highest BCUT2D eigenvalue weighted by atomic mass is 19.2. The number of hydrogen-bond acceptors (Lipinski definition) is 4. The molecule has 0 amide bonds. The number of esters is 1. The third-order valence-corrected chi connectivity index (χ3v) is 5.56. The molecule has 7 heteroatoms. The van der Waals surface area contributed by atoms with Gasteiger partial charge in [-0.1, -0.05) is 60.7 Å². The fourth-order valence-electron chi connectivity index (χ4n) is 3.92. The molecule has 174 valence electrons. The summed E-state index contributed by atoms with van der Waals surface area (Å²) in [6.07, 6.45) is 0.854. The van der Waals surface area contributed by atoms with Crippen molar-refractivity contribution >= 4 is 22.6 Å². The number of carbonyl (C=O) groups is 1. The largest absolute Gasteiger partial charge is 0.462 e. The summed E-state index contributed by atoms with van der Waals surface area (Å²) in [5.41, 5.74) is 1.06. The van der Waals surface area contributed by atoms with Gasteiger partial charge in [0.15, 0.2) is 11.6 Å². The molecule has 0 saturated heterocycles. The number of hydrogen-bond donors (Lipinski definition) is 2. The fourth-order valence-corrected chi connectivity index (χ4v) is 3.92. The van der Waals surface area contributed by atoms with Gasteiger partial charge in [0, 0.05) is 18.3 Å². The van der Waals surface area contributed by atoms with Crippen molar-refractivity contribution in [1.82, 2.24) is 4.98 Å². The molecule has 2 N–H and O–H groups in total. The lowest BCUT2D eigenvalue weighted by Gasteiger charge is -2.15. The van der Waals surface area contributed by atoms with Crippen LogP contribution >= 0.6 is 0 Å². The summed E-state index contributed by atoms with van der Waals surface area (Å²) in [6.45, 7) is 1.88. The SMILES string of the molecule is CCOC(=O)c1c(CCc2ccccc2)[nH]c2cc(F)c(F)c(NCc3ccccc3)c2c1=O. The standard InChI is InChI=1S/C27H24F2N2O3/c1-2-34-27(33)23-20(14-13-17-9-5-3-6-10-17)31-21-15-19(28)24(29)25(22(21)26(23)32)30-16-18-11-7-4-8-12-18/h3-12,15,30H,2,13-14,16H2,1H3,(H,31,32). The Morgan fingerprint density at radius 3 is 2.26 bits per heavy atom. The van der Waals surface area contributed by atoms with E-state index in [0.717, 1.165) is 17.2 Å². The van der Waals surface area contributed by atoms with Gasteiger partial charge in [-0.25, -0.2) is 13.6 Å². The highest BCUT2D eigenvalue weighted by Crippen LogP contribution is 2.28. The molecular weight excluding hydrogens is 438 g/mol.